The predicted octanol–water partition coefficient (Wildman–Crippen LogP) is 3.93. The van der Waals surface area contributed by atoms with Gasteiger partial charge in [-0.3, -0.25) is 4.79 Å². The van der Waals surface area contributed by atoms with Gasteiger partial charge in [-0.15, -0.1) is 0 Å². The number of rotatable bonds is 6. The quantitative estimate of drug-likeness (QED) is 0.494. The Morgan fingerprint density at radius 2 is 1.80 bits per heavy atom. The molecule has 15 heavy (non-hydrogen) atoms. The molecule has 0 fully saturated rings. The summed E-state index contributed by atoms with van der Waals surface area (Å²) < 4.78 is 5.32. The molecule has 0 N–H and O–H groups in total. The Labute approximate surface area is 94.4 Å². The molecular weight excluding hydrogens is 188 g/mol. The highest BCUT2D eigenvalue weighted by Gasteiger charge is 2.20. The minimum atomic E-state index is -0.352. The minimum absolute atomic E-state index is 0.0427. The fourth-order valence-corrected chi connectivity index (χ4v) is 1.40. The SMILES string of the molecule is CCCCCC[C@H](C)C(=O)OC(C)(C)C. The largest absolute Gasteiger partial charge is 0.460 e. The lowest BCUT2D eigenvalue weighted by atomic mass is 10.0. The van der Waals surface area contributed by atoms with E-state index in [4.69, 9.17) is 4.74 Å². The number of carbonyl (C=O) groups is 1. The molecule has 2 heteroatoms. The van der Waals surface area contributed by atoms with E-state index in [1.807, 2.05) is 27.7 Å². The molecule has 0 aliphatic heterocycles. The van der Waals surface area contributed by atoms with Gasteiger partial charge >= 0.3 is 5.97 Å². The van der Waals surface area contributed by atoms with Gasteiger partial charge in [0.15, 0.2) is 0 Å². The van der Waals surface area contributed by atoms with E-state index in [1.165, 1.54) is 19.3 Å². The molecule has 0 unspecified atom stereocenters. The second-order valence-electron chi connectivity index (χ2n) is 5.28. The highest BCUT2D eigenvalue weighted by atomic mass is 16.6. The average Bonchev–Trinajstić information content (AvgIpc) is 2.09. The summed E-state index contributed by atoms with van der Waals surface area (Å²) in [5.41, 5.74) is -0.352. The molecule has 1 atom stereocenters. The Balaban J connectivity index is 3.70. The molecule has 2 nitrogen and oxygen atoms in total. The standard InChI is InChI=1S/C13H26O2/c1-6-7-8-9-10-11(2)12(14)15-13(3,4)5/h11H,6-10H2,1-5H3/t11-/m0/s1. The van der Waals surface area contributed by atoms with Gasteiger partial charge in [-0.1, -0.05) is 39.5 Å². The Kier molecular flexibility index (Phi) is 6.62. The molecule has 0 aliphatic rings. The van der Waals surface area contributed by atoms with E-state index in [-0.39, 0.29) is 17.5 Å². The van der Waals surface area contributed by atoms with Crippen LogP contribution in [0.3, 0.4) is 0 Å². The molecule has 0 spiro atoms. The molecule has 0 heterocycles. The molecular formula is C13H26O2. The van der Waals surface area contributed by atoms with Crippen LogP contribution in [0.1, 0.15) is 66.7 Å². The Morgan fingerprint density at radius 1 is 1.20 bits per heavy atom. The summed E-state index contributed by atoms with van der Waals surface area (Å²) in [6.45, 7) is 9.88. The number of hydrogen-bond donors (Lipinski definition) is 0. The van der Waals surface area contributed by atoms with Crippen LogP contribution in [0.2, 0.25) is 0 Å². The smallest absolute Gasteiger partial charge is 0.309 e. The van der Waals surface area contributed by atoms with Gasteiger partial charge in [-0.2, -0.15) is 0 Å². The fourth-order valence-electron chi connectivity index (χ4n) is 1.40. The molecule has 0 saturated carbocycles. The fraction of sp³-hybridized carbons (Fsp3) is 0.923. The number of ether oxygens (including phenoxy) is 1. The average molecular weight is 214 g/mol. The summed E-state index contributed by atoms with van der Waals surface area (Å²) in [6, 6.07) is 0. The second-order valence-corrected chi connectivity index (χ2v) is 5.28. The van der Waals surface area contributed by atoms with E-state index in [0.29, 0.717) is 0 Å². The maximum Gasteiger partial charge on any atom is 0.309 e. The van der Waals surface area contributed by atoms with Gasteiger partial charge in [0.2, 0.25) is 0 Å². The van der Waals surface area contributed by atoms with Gasteiger partial charge in [-0.05, 0) is 27.2 Å². The lowest BCUT2D eigenvalue weighted by Gasteiger charge is -2.22. The maximum absolute atomic E-state index is 11.6. The molecule has 0 aromatic carbocycles. The molecule has 0 aliphatic carbocycles. The zero-order valence-electron chi connectivity index (χ0n) is 10.9. The van der Waals surface area contributed by atoms with Crippen molar-refractivity contribution < 1.29 is 9.53 Å². The summed E-state index contributed by atoms with van der Waals surface area (Å²) >= 11 is 0. The first kappa shape index (κ1) is 14.5. The third-order valence-electron chi connectivity index (χ3n) is 2.30. The summed E-state index contributed by atoms with van der Waals surface area (Å²) in [7, 11) is 0. The third-order valence-corrected chi connectivity index (χ3v) is 2.30. The van der Waals surface area contributed by atoms with E-state index in [0.717, 1.165) is 12.8 Å². The molecule has 0 aromatic rings. The number of esters is 1. The maximum atomic E-state index is 11.6. The molecule has 90 valence electrons. The van der Waals surface area contributed by atoms with Crippen LogP contribution in [-0.4, -0.2) is 11.6 Å². The number of carbonyl (C=O) groups excluding carboxylic acids is 1. The van der Waals surface area contributed by atoms with Crippen molar-refractivity contribution in [3.63, 3.8) is 0 Å². The third kappa shape index (κ3) is 8.46. The summed E-state index contributed by atoms with van der Waals surface area (Å²) in [5, 5.41) is 0. The van der Waals surface area contributed by atoms with Gasteiger partial charge in [0.05, 0.1) is 5.92 Å². The lowest BCUT2D eigenvalue weighted by molar-refractivity contribution is -0.159. The van der Waals surface area contributed by atoms with Gasteiger partial charge in [0, 0.05) is 0 Å². The van der Waals surface area contributed by atoms with Crippen LogP contribution in [0.25, 0.3) is 0 Å². The van der Waals surface area contributed by atoms with Crippen LogP contribution in [0.4, 0.5) is 0 Å². The highest BCUT2D eigenvalue weighted by molar-refractivity contribution is 5.72. The van der Waals surface area contributed by atoms with E-state index >= 15 is 0 Å². The molecule has 0 saturated heterocycles. The lowest BCUT2D eigenvalue weighted by Crippen LogP contribution is -2.27. The first-order valence-electron chi connectivity index (χ1n) is 6.09. The normalized spacial score (nSPS) is 13.7. The molecule has 0 amide bonds. The van der Waals surface area contributed by atoms with Gasteiger partial charge < -0.3 is 4.74 Å². The number of unbranched alkanes of at least 4 members (excludes halogenated alkanes) is 3. The summed E-state index contributed by atoms with van der Waals surface area (Å²) in [6.07, 6.45) is 5.81. The van der Waals surface area contributed by atoms with E-state index in [9.17, 15) is 4.79 Å². The summed E-state index contributed by atoms with van der Waals surface area (Å²) in [4.78, 5) is 11.6. The van der Waals surface area contributed by atoms with Crippen LogP contribution >= 0.6 is 0 Å². The first-order chi connectivity index (χ1) is 6.87. The highest BCUT2D eigenvalue weighted by Crippen LogP contribution is 2.16. The summed E-state index contributed by atoms with van der Waals surface area (Å²) in [5.74, 6) is -0.0138. The van der Waals surface area contributed by atoms with Crippen LogP contribution < -0.4 is 0 Å². The molecule has 0 radical (unpaired) electrons. The van der Waals surface area contributed by atoms with Crippen LogP contribution in [0.5, 0.6) is 0 Å². The topological polar surface area (TPSA) is 26.3 Å². The Bertz CT molecular complexity index is 179. The van der Waals surface area contributed by atoms with Crippen molar-refractivity contribution in [3.8, 4) is 0 Å². The molecule has 0 bridgehead atoms. The van der Waals surface area contributed by atoms with Crippen molar-refractivity contribution >= 4 is 5.97 Å². The predicted molar refractivity (Wildman–Crippen MR) is 63.8 cm³/mol. The molecule has 0 aromatic heterocycles. The Morgan fingerprint density at radius 3 is 2.27 bits per heavy atom. The zero-order chi connectivity index (χ0) is 11.9. The van der Waals surface area contributed by atoms with Crippen molar-refractivity contribution in [3.05, 3.63) is 0 Å². The first-order valence-corrected chi connectivity index (χ1v) is 6.09. The van der Waals surface area contributed by atoms with Crippen LogP contribution in [-0.2, 0) is 9.53 Å². The van der Waals surface area contributed by atoms with E-state index in [2.05, 4.69) is 6.92 Å². The zero-order valence-corrected chi connectivity index (χ0v) is 10.9. The van der Waals surface area contributed by atoms with Crippen molar-refractivity contribution in [2.24, 2.45) is 5.92 Å². The minimum Gasteiger partial charge on any atom is -0.460 e. The molecule has 0 rings (SSSR count). The van der Waals surface area contributed by atoms with E-state index in [1.54, 1.807) is 0 Å². The second kappa shape index (κ2) is 6.86. The van der Waals surface area contributed by atoms with Crippen molar-refractivity contribution in [2.45, 2.75) is 72.3 Å². The van der Waals surface area contributed by atoms with Crippen molar-refractivity contribution in [2.75, 3.05) is 0 Å². The van der Waals surface area contributed by atoms with Crippen LogP contribution in [0, 0.1) is 5.92 Å². The van der Waals surface area contributed by atoms with Gasteiger partial charge in [-0.25, -0.2) is 0 Å². The van der Waals surface area contributed by atoms with Crippen molar-refractivity contribution in [1.82, 2.24) is 0 Å². The van der Waals surface area contributed by atoms with Crippen molar-refractivity contribution in [1.29, 1.82) is 0 Å². The monoisotopic (exact) mass is 214 g/mol. The van der Waals surface area contributed by atoms with Crippen LogP contribution in [0.15, 0.2) is 0 Å². The number of hydrogen-bond acceptors (Lipinski definition) is 2. The van der Waals surface area contributed by atoms with Gasteiger partial charge in [0.1, 0.15) is 5.60 Å². The van der Waals surface area contributed by atoms with Gasteiger partial charge in [0.25, 0.3) is 0 Å². The van der Waals surface area contributed by atoms with E-state index < -0.39 is 0 Å². The Hall–Kier alpha value is -0.530.